The van der Waals surface area contributed by atoms with E-state index >= 15 is 0 Å². The molecule has 0 radical (unpaired) electrons. The molecule has 0 aliphatic rings. The average molecular weight is 432 g/mol. The Hall–Kier alpha value is -2.23. The second-order valence-electron chi connectivity index (χ2n) is 5.76. The van der Waals surface area contributed by atoms with Gasteiger partial charge in [0.15, 0.2) is 0 Å². The maximum atomic E-state index is 13.6. The number of halogens is 3. The number of carbonyl (C=O) groups is 1. The molecule has 0 fully saturated rings. The van der Waals surface area contributed by atoms with Gasteiger partial charge in [-0.3, -0.25) is 4.79 Å². The van der Waals surface area contributed by atoms with Gasteiger partial charge in [-0.1, -0.05) is 25.4 Å². The summed E-state index contributed by atoms with van der Waals surface area (Å²) >= 11 is 6.05. The van der Waals surface area contributed by atoms with Crippen molar-refractivity contribution in [1.29, 1.82) is 0 Å². The van der Waals surface area contributed by atoms with E-state index < -0.39 is 27.6 Å². The molecule has 2 rings (SSSR count). The van der Waals surface area contributed by atoms with Gasteiger partial charge in [0, 0.05) is 24.8 Å². The Bertz CT molecular complexity index is 967. The van der Waals surface area contributed by atoms with Crippen molar-refractivity contribution in [3.05, 3.63) is 53.1 Å². The first kappa shape index (κ1) is 22.1. The van der Waals surface area contributed by atoms with Crippen molar-refractivity contribution in [2.75, 3.05) is 30.3 Å². The van der Waals surface area contributed by atoms with Crippen molar-refractivity contribution in [2.24, 2.45) is 0 Å². The summed E-state index contributed by atoms with van der Waals surface area (Å²) in [7, 11) is -3.78. The summed E-state index contributed by atoms with van der Waals surface area (Å²) in [5, 5.41) is 5.05. The number of amides is 1. The second kappa shape index (κ2) is 9.31. The standard InChI is InChI=1S/C18H20ClF2N3O3S/c1-3-24(4-2)28(26,27)17-10-13(6-7-14(17)19)22-11-18(25)23-16-9-12(20)5-8-15(16)21/h5-10,22H,3-4,11H2,1-2H3,(H,23,25). The van der Waals surface area contributed by atoms with Gasteiger partial charge in [-0.2, -0.15) is 4.31 Å². The normalized spacial score (nSPS) is 11.5. The molecule has 0 aliphatic carbocycles. The van der Waals surface area contributed by atoms with Crippen molar-refractivity contribution in [3.8, 4) is 0 Å². The van der Waals surface area contributed by atoms with E-state index in [0.29, 0.717) is 5.69 Å². The van der Waals surface area contributed by atoms with E-state index in [0.717, 1.165) is 18.2 Å². The molecule has 28 heavy (non-hydrogen) atoms. The highest BCUT2D eigenvalue weighted by atomic mass is 35.5. The molecule has 0 atom stereocenters. The fourth-order valence-corrected chi connectivity index (χ4v) is 4.44. The monoisotopic (exact) mass is 431 g/mol. The molecule has 152 valence electrons. The molecule has 6 nitrogen and oxygen atoms in total. The van der Waals surface area contributed by atoms with Crippen LogP contribution in [0.25, 0.3) is 0 Å². The van der Waals surface area contributed by atoms with E-state index in [1.165, 1.54) is 22.5 Å². The smallest absolute Gasteiger partial charge is 0.244 e. The van der Waals surface area contributed by atoms with E-state index in [4.69, 9.17) is 11.6 Å². The van der Waals surface area contributed by atoms with Gasteiger partial charge < -0.3 is 10.6 Å². The fourth-order valence-electron chi connectivity index (χ4n) is 2.48. The first-order valence-corrected chi connectivity index (χ1v) is 10.3. The summed E-state index contributed by atoms with van der Waals surface area (Å²) in [4.78, 5) is 11.9. The zero-order chi connectivity index (χ0) is 20.9. The SMILES string of the molecule is CCN(CC)S(=O)(=O)c1cc(NCC(=O)Nc2cc(F)ccc2F)ccc1Cl. The van der Waals surface area contributed by atoms with Crippen LogP contribution in [0.3, 0.4) is 0 Å². The van der Waals surface area contributed by atoms with Gasteiger partial charge in [-0.25, -0.2) is 17.2 Å². The average Bonchev–Trinajstić information content (AvgIpc) is 2.64. The summed E-state index contributed by atoms with van der Waals surface area (Å²) in [5.74, 6) is -2.09. The van der Waals surface area contributed by atoms with Crippen LogP contribution in [0, 0.1) is 11.6 Å². The predicted octanol–water partition coefficient (Wildman–Crippen LogP) is 3.70. The van der Waals surface area contributed by atoms with Gasteiger partial charge >= 0.3 is 0 Å². The summed E-state index contributed by atoms with van der Waals surface area (Å²) in [6.45, 7) is 3.71. The van der Waals surface area contributed by atoms with Crippen LogP contribution in [0.1, 0.15) is 13.8 Å². The molecule has 0 aliphatic heterocycles. The van der Waals surface area contributed by atoms with Crippen LogP contribution in [-0.4, -0.2) is 38.3 Å². The number of benzene rings is 2. The van der Waals surface area contributed by atoms with Crippen LogP contribution < -0.4 is 10.6 Å². The molecule has 0 saturated carbocycles. The van der Waals surface area contributed by atoms with E-state index in [-0.39, 0.29) is 35.2 Å². The molecular weight excluding hydrogens is 412 g/mol. The lowest BCUT2D eigenvalue weighted by molar-refractivity contribution is -0.114. The van der Waals surface area contributed by atoms with E-state index in [1.807, 2.05) is 0 Å². The third-order valence-electron chi connectivity index (χ3n) is 3.91. The minimum Gasteiger partial charge on any atom is -0.376 e. The van der Waals surface area contributed by atoms with Gasteiger partial charge in [0.25, 0.3) is 0 Å². The number of anilines is 2. The number of sulfonamides is 1. The quantitative estimate of drug-likeness (QED) is 0.668. The number of rotatable bonds is 8. The number of hydrogen-bond donors (Lipinski definition) is 2. The molecule has 2 N–H and O–H groups in total. The lowest BCUT2D eigenvalue weighted by Gasteiger charge is -2.20. The van der Waals surface area contributed by atoms with Gasteiger partial charge in [0.1, 0.15) is 16.5 Å². The first-order valence-electron chi connectivity index (χ1n) is 8.47. The molecule has 0 unspecified atom stereocenters. The van der Waals surface area contributed by atoms with E-state index in [9.17, 15) is 22.0 Å². The van der Waals surface area contributed by atoms with Crippen molar-refractivity contribution in [2.45, 2.75) is 18.7 Å². The molecule has 10 heteroatoms. The highest BCUT2D eigenvalue weighted by Crippen LogP contribution is 2.27. The molecule has 0 heterocycles. The topological polar surface area (TPSA) is 78.5 Å². The maximum absolute atomic E-state index is 13.6. The Kier molecular flexibility index (Phi) is 7.34. The molecule has 0 spiro atoms. The third-order valence-corrected chi connectivity index (χ3v) is 6.44. The summed E-state index contributed by atoms with van der Waals surface area (Å²) in [6, 6.07) is 6.96. The fraction of sp³-hybridized carbons (Fsp3) is 0.278. The molecule has 2 aromatic rings. The summed E-state index contributed by atoms with van der Waals surface area (Å²) < 4.78 is 53.3. The Morgan fingerprint density at radius 3 is 2.43 bits per heavy atom. The first-order chi connectivity index (χ1) is 13.2. The molecule has 2 aromatic carbocycles. The molecule has 0 aromatic heterocycles. The second-order valence-corrected chi connectivity index (χ2v) is 8.07. The number of nitrogens with one attached hydrogen (secondary N) is 2. The Morgan fingerprint density at radius 2 is 1.79 bits per heavy atom. The summed E-state index contributed by atoms with van der Waals surface area (Å²) in [5.41, 5.74) is 0.0534. The molecule has 0 bridgehead atoms. The summed E-state index contributed by atoms with van der Waals surface area (Å²) in [6.07, 6.45) is 0. The largest absolute Gasteiger partial charge is 0.376 e. The minimum atomic E-state index is -3.78. The van der Waals surface area contributed by atoms with Crippen molar-refractivity contribution in [3.63, 3.8) is 0 Å². The van der Waals surface area contributed by atoms with Crippen molar-refractivity contribution >= 4 is 38.9 Å². The zero-order valence-corrected chi connectivity index (χ0v) is 16.9. The van der Waals surface area contributed by atoms with Crippen LogP contribution in [0.5, 0.6) is 0 Å². The lowest BCUT2D eigenvalue weighted by Crippen LogP contribution is -2.31. The Balaban J connectivity index is 2.13. The minimum absolute atomic E-state index is 0.0590. The number of nitrogens with zero attached hydrogens (tertiary/aromatic N) is 1. The van der Waals surface area contributed by atoms with E-state index in [2.05, 4.69) is 10.6 Å². The van der Waals surface area contributed by atoms with Crippen molar-refractivity contribution < 1.29 is 22.0 Å². The van der Waals surface area contributed by atoms with Gasteiger partial charge in [-0.15, -0.1) is 0 Å². The number of carbonyl (C=O) groups excluding carboxylic acids is 1. The molecule has 0 saturated heterocycles. The Morgan fingerprint density at radius 1 is 1.11 bits per heavy atom. The van der Waals surface area contributed by atoms with Crippen LogP contribution in [-0.2, 0) is 14.8 Å². The van der Waals surface area contributed by atoms with Crippen molar-refractivity contribution in [1.82, 2.24) is 4.31 Å². The highest BCUT2D eigenvalue weighted by molar-refractivity contribution is 7.89. The third kappa shape index (κ3) is 5.18. The molecular formula is C18H20ClF2N3O3S. The highest BCUT2D eigenvalue weighted by Gasteiger charge is 2.24. The number of hydrogen-bond acceptors (Lipinski definition) is 4. The lowest BCUT2D eigenvalue weighted by atomic mass is 10.3. The van der Waals surface area contributed by atoms with Crippen LogP contribution in [0.4, 0.5) is 20.2 Å². The van der Waals surface area contributed by atoms with Gasteiger partial charge in [0.2, 0.25) is 15.9 Å². The van der Waals surface area contributed by atoms with Gasteiger partial charge in [-0.05, 0) is 30.3 Å². The predicted molar refractivity (Wildman–Crippen MR) is 105 cm³/mol. The van der Waals surface area contributed by atoms with E-state index in [1.54, 1.807) is 13.8 Å². The maximum Gasteiger partial charge on any atom is 0.244 e. The van der Waals surface area contributed by atoms with Crippen LogP contribution in [0.15, 0.2) is 41.3 Å². The Labute approximate surface area is 167 Å². The molecule has 1 amide bonds. The van der Waals surface area contributed by atoms with Gasteiger partial charge in [0.05, 0.1) is 17.3 Å². The zero-order valence-electron chi connectivity index (χ0n) is 15.3. The van der Waals surface area contributed by atoms with Crippen LogP contribution in [0.2, 0.25) is 5.02 Å². The van der Waals surface area contributed by atoms with Crippen LogP contribution >= 0.6 is 11.6 Å².